The summed E-state index contributed by atoms with van der Waals surface area (Å²) in [7, 11) is 0.973. The highest BCUT2D eigenvalue weighted by molar-refractivity contribution is 7.80. The Morgan fingerprint density at radius 1 is 1.15 bits per heavy atom. The van der Waals surface area contributed by atoms with Crippen molar-refractivity contribution in [3.63, 3.8) is 0 Å². The average molecular weight is 484 g/mol. The third-order valence-electron chi connectivity index (χ3n) is 5.08. The van der Waals surface area contributed by atoms with Crippen LogP contribution in [0.25, 0.3) is 10.9 Å². The van der Waals surface area contributed by atoms with E-state index in [0.717, 1.165) is 7.11 Å². The first-order chi connectivity index (χ1) is 15.5. The molecule has 3 rings (SSSR count). The molecule has 4 nitrogen and oxygen atoms in total. The number of fused-ring (bicyclic) bond motifs is 1. The molecule has 0 saturated carbocycles. The summed E-state index contributed by atoms with van der Waals surface area (Å²) in [6.07, 6.45) is -7.10. The number of esters is 1. The van der Waals surface area contributed by atoms with Gasteiger partial charge in [0.25, 0.3) is 6.43 Å². The van der Waals surface area contributed by atoms with Crippen LogP contribution in [0.1, 0.15) is 64.0 Å². The lowest BCUT2D eigenvalue weighted by atomic mass is 9.87. The fourth-order valence-electron chi connectivity index (χ4n) is 3.79. The summed E-state index contributed by atoms with van der Waals surface area (Å²) >= 11 is 4.49. The fourth-order valence-corrected chi connectivity index (χ4v) is 4.28. The third-order valence-corrected chi connectivity index (χ3v) is 5.62. The number of para-hydroxylation sites is 1. The zero-order valence-electron chi connectivity index (χ0n) is 18.0. The zero-order valence-corrected chi connectivity index (χ0v) is 18.8. The van der Waals surface area contributed by atoms with Crippen LogP contribution < -0.4 is 0 Å². The second kappa shape index (κ2) is 9.62. The summed E-state index contributed by atoms with van der Waals surface area (Å²) in [5.41, 5.74) is -3.35. The van der Waals surface area contributed by atoms with Crippen LogP contribution in [0.2, 0.25) is 0 Å². The number of hydrogen-bond acceptors (Lipinski definition) is 5. The molecule has 33 heavy (non-hydrogen) atoms. The van der Waals surface area contributed by atoms with Crippen LogP contribution in [0, 0.1) is 5.92 Å². The summed E-state index contributed by atoms with van der Waals surface area (Å²) in [5.74, 6) is -1.45. The van der Waals surface area contributed by atoms with Gasteiger partial charge in [-0.2, -0.15) is 25.8 Å². The van der Waals surface area contributed by atoms with Crippen molar-refractivity contribution < 1.29 is 31.5 Å². The molecular formula is C23H21F5N2O2S. The molecular weight excluding hydrogens is 463 g/mol. The SMILES string of the molecule is COC(=O)c1c(C(F)F)nc(C(F)(F)F)c(C(S)c2cccc3cccnc23)c1CC(C)C. The molecule has 2 heterocycles. The molecule has 0 spiro atoms. The molecule has 0 aliphatic carbocycles. The first kappa shape index (κ1) is 24.9. The maximum atomic E-state index is 14.1. The van der Waals surface area contributed by atoms with Crippen LogP contribution in [-0.2, 0) is 17.3 Å². The predicted molar refractivity (Wildman–Crippen MR) is 117 cm³/mol. The van der Waals surface area contributed by atoms with Crippen molar-refractivity contribution >= 4 is 29.5 Å². The molecule has 0 fully saturated rings. The molecule has 0 aliphatic rings. The van der Waals surface area contributed by atoms with Gasteiger partial charge in [0.1, 0.15) is 11.4 Å². The van der Waals surface area contributed by atoms with Gasteiger partial charge in [-0.25, -0.2) is 18.6 Å². The van der Waals surface area contributed by atoms with Crippen molar-refractivity contribution in [2.75, 3.05) is 7.11 Å². The first-order valence-corrected chi connectivity index (χ1v) is 10.5. The Morgan fingerprint density at radius 3 is 2.39 bits per heavy atom. The number of pyridine rings is 2. The molecule has 0 radical (unpaired) electrons. The highest BCUT2D eigenvalue weighted by Crippen LogP contribution is 2.44. The normalized spacial score (nSPS) is 13.1. The lowest BCUT2D eigenvalue weighted by Crippen LogP contribution is -2.23. The number of alkyl halides is 5. The number of carbonyl (C=O) groups excluding carboxylic acids is 1. The Morgan fingerprint density at radius 2 is 1.82 bits per heavy atom. The van der Waals surface area contributed by atoms with Gasteiger partial charge in [0.2, 0.25) is 0 Å². The number of thiol groups is 1. The van der Waals surface area contributed by atoms with Crippen molar-refractivity contribution in [1.29, 1.82) is 0 Å². The van der Waals surface area contributed by atoms with Gasteiger partial charge in [-0.05, 0) is 29.5 Å². The van der Waals surface area contributed by atoms with Crippen molar-refractivity contribution in [2.24, 2.45) is 5.92 Å². The van der Waals surface area contributed by atoms with Crippen LogP contribution in [0.5, 0.6) is 0 Å². The maximum Gasteiger partial charge on any atom is 0.433 e. The summed E-state index contributed by atoms with van der Waals surface area (Å²) in [5, 5.41) is -0.588. The minimum atomic E-state index is -5.07. The number of carbonyl (C=O) groups is 1. The number of rotatable bonds is 6. The van der Waals surface area contributed by atoms with E-state index in [4.69, 9.17) is 0 Å². The van der Waals surface area contributed by atoms with Crippen molar-refractivity contribution in [3.8, 4) is 0 Å². The van der Waals surface area contributed by atoms with E-state index in [2.05, 4.69) is 27.3 Å². The molecule has 0 bridgehead atoms. The Kier molecular flexibility index (Phi) is 7.26. The van der Waals surface area contributed by atoms with E-state index in [0.29, 0.717) is 16.5 Å². The van der Waals surface area contributed by atoms with E-state index in [1.807, 2.05) is 0 Å². The Bertz CT molecular complexity index is 1180. The van der Waals surface area contributed by atoms with E-state index < -0.39 is 46.3 Å². The van der Waals surface area contributed by atoms with Gasteiger partial charge >= 0.3 is 12.1 Å². The lowest BCUT2D eigenvalue weighted by molar-refractivity contribution is -0.142. The van der Waals surface area contributed by atoms with E-state index in [1.165, 1.54) is 6.20 Å². The minimum Gasteiger partial charge on any atom is -0.465 e. The summed E-state index contributed by atoms with van der Waals surface area (Å²) in [4.78, 5) is 20.0. The number of benzene rings is 1. The van der Waals surface area contributed by atoms with Crippen LogP contribution >= 0.6 is 12.6 Å². The van der Waals surface area contributed by atoms with Gasteiger partial charge in [0.15, 0.2) is 0 Å². The second-order valence-corrected chi connectivity index (χ2v) is 8.34. The number of aromatic nitrogens is 2. The molecule has 0 N–H and O–H groups in total. The zero-order chi connectivity index (χ0) is 24.5. The van der Waals surface area contributed by atoms with Crippen LogP contribution in [0.4, 0.5) is 22.0 Å². The maximum absolute atomic E-state index is 14.1. The Hall–Kier alpha value is -2.75. The number of methoxy groups -OCH3 is 1. The Balaban J connectivity index is 2.46. The second-order valence-electron chi connectivity index (χ2n) is 7.83. The quantitative estimate of drug-likeness (QED) is 0.244. The fraction of sp³-hybridized carbons (Fsp3) is 0.348. The van der Waals surface area contributed by atoms with Crippen molar-refractivity contribution in [3.05, 3.63) is 70.2 Å². The standard InChI is InChI=1S/C23H21F5N2O2S/c1-11(2)10-14-15(22(31)32-3)18(21(24)25)30-20(23(26,27)28)16(14)19(33)13-8-4-6-12-7-5-9-29-17(12)13/h4-9,11,19,21,33H,10H2,1-3H3. The van der Waals surface area contributed by atoms with Gasteiger partial charge < -0.3 is 4.74 Å². The average Bonchev–Trinajstić information content (AvgIpc) is 2.75. The summed E-state index contributed by atoms with van der Waals surface area (Å²) in [6.45, 7) is 3.40. The minimum absolute atomic E-state index is 0.0969. The van der Waals surface area contributed by atoms with Gasteiger partial charge in [-0.15, -0.1) is 0 Å². The third kappa shape index (κ3) is 4.95. The predicted octanol–water partition coefficient (Wildman–Crippen LogP) is 6.59. The number of ether oxygens (including phenoxy) is 1. The summed E-state index contributed by atoms with van der Waals surface area (Å²) < 4.78 is 74.7. The lowest BCUT2D eigenvalue weighted by Gasteiger charge is -2.26. The van der Waals surface area contributed by atoms with E-state index in [-0.39, 0.29) is 17.9 Å². The molecule has 1 aromatic carbocycles. The number of hydrogen-bond donors (Lipinski definition) is 1. The highest BCUT2D eigenvalue weighted by Gasteiger charge is 2.42. The molecule has 0 amide bonds. The van der Waals surface area contributed by atoms with Gasteiger partial charge in [-0.1, -0.05) is 38.1 Å². The van der Waals surface area contributed by atoms with E-state index in [1.54, 1.807) is 44.2 Å². The first-order valence-electron chi connectivity index (χ1n) is 9.99. The molecule has 10 heteroatoms. The molecule has 0 aliphatic heterocycles. The molecule has 1 atom stereocenters. The number of nitrogens with zero attached hydrogens (tertiary/aromatic N) is 2. The smallest absolute Gasteiger partial charge is 0.433 e. The number of halogens is 5. The van der Waals surface area contributed by atoms with Gasteiger partial charge in [-0.3, -0.25) is 4.98 Å². The Labute approximate surface area is 192 Å². The molecule has 1 unspecified atom stereocenters. The van der Waals surface area contributed by atoms with Crippen LogP contribution in [0.3, 0.4) is 0 Å². The van der Waals surface area contributed by atoms with Gasteiger partial charge in [0.05, 0.1) is 23.4 Å². The molecule has 176 valence electrons. The van der Waals surface area contributed by atoms with Crippen molar-refractivity contribution in [1.82, 2.24) is 9.97 Å². The van der Waals surface area contributed by atoms with Crippen LogP contribution in [-0.4, -0.2) is 23.0 Å². The van der Waals surface area contributed by atoms with Crippen molar-refractivity contribution in [2.45, 2.75) is 38.1 Å². The molecule has 2 aromatic heterocycles. The van der Waals surface area contributed by atoms with Crippen LogP contribution in [0.15, 0.2) is 36.5 Å². The van der Waals surface area contributed by atoms with E-state index in [9.17, 15) is 26.7 Å². The van der Waals surface area contributed by atoms with E-state index >= 15 is 0 Å². The van der Waals surface area contributed by atoms with Gasteiger partial charge in [0, 0.05) is 17.1 Å². The monoisotopic (exact) mass is 484 g/mol. The molecule has 0 saturated heterocycles. The molecule has 3 aromatic rings. The largest absolute Gasteiger partial charge is 0.465 e. The topological polar surface area (TPSA) is 52.1 Å². The highest BCUT2D eigenvalue weighted by atomic mass is 32.1. The summed E-state index contributed by atoms with van der Waals surface area (Å²) in [6, 6.07) is 8.36.